The van der Waals surface area contributed by atoms with Crippen molar-refractivity contribution in [3.8, 4) is 17.0 Å². The number of para-hydroxylation sites is 2. The van der Waals surface area contributed by atoms with Crippen LogP contribution in [0.3, 0.4) is 0 Å². The third kappa shape index (κ3) is 3.00. The second-order valence-corrected chi connectivity index (χ2v) is 4.92. The molecule has 0 spiro atoms. The van der Waals surface area contributed by atoms with E-state index in [4.69, 9.17) is 9.47 Å². The standard InChI is InChI=1S/C18H15NO4/c1-22-11-23-17-9-5-3-7-13(17)16-10-14(18(20)21)12-6-2-4-8-15(12)19-16/h2-10H,11H2,1H3,(H,20,21). The van der Waals surface area contributed by atoms with Gasteiger partial charge in [-0.25, -0.2) is 9.78 Å². The Morgan fingerprint density at radius 1 is 1.13 bits per heavy atom. The van der Waals surface area contributed by atoms with E-state index in [9.17, 15) is 9.90 Å². The van der Waals surface area contributed by atoms with Gasteiger partial charge in [-0.05, 0) is 24.3 Å². The highest BCUT2D eigenvalue weighted by atomic mass is 16.7. The number of methoxy groups -OCH3 is 1. The van der Waals surface area contributed by atoms with Crippen molar-refractivity contribution in [2.24, 2.45) is 0 Å². The zero-order chi connectivity index (χ0) is 16.2. The number of hydrogen-bond acceptors (Lipinski definition) is 4. The predicted molar refractivity (Wildman–Crippen MR) is 86.6 cm³/mol. The number of carboxylic acids is 1. The number of benzene rings is 2. The van der Waals surface area contributed by atoms with Gasteiger partial charge in [0.25, 0.3) is 0 Å². The molecule has 116 valence electrons. The first-order chi connectivity index (χ1) is 11.2. The average molecular weight is 309 g/mol. The number of pyridine rings is 1. The first-order valence-electron chi connectivity index (χ1n) is 7.05. The second-order valence-electron chi connectivity index (χ2n) is 4.92. The van der Waals surface area contributed by atoms with E-state index < -0.39 is 5.97 Å². The maximum atomic E-state index is 11.6. The Labute approximate surface area is 133 Å². The molecule has 0 aliphatic heterocycles. The fourth-order valence-electron chi connectivity index (χ4n) is 2.42. The van der Waals surface area contributed by atoms with Crippen molar-refractivity contribution in [1.82, 2.24) is 4.98 Å². The maximum Gasteiger partial charge on any atom is 0.336 e. The molecule has 0 amide bonds. The molecule has 0 saturated carbocycles. The van der Waals surface area contributed by atoms with Crippen LogP contribution >= 0.6 is 0 Å². The summed E-state index contributed by atoms with van der Waals surface area (Å²) < 4.78 is 10.5. The molecule has 0 aliphatic rings. The highest BCUT2D eigenvalue weighted by Gasteiger charge is 2.14. The molecule has 3 aromatic rings. The summed E-state index contributed by atoms with van der Waals surface area (Å²) in [7, 11) is 1.54. The predicted octanol–water partition coefficient (Wildman–Crippen LogP) is 3.58. The Kier molecular flexibility index (Phi) is 4.21. The summed E-state index contributed by atoms with van der Waals surface area (Å²) in [6.45, 7) is 0.108. The van der Waals surface area contributed by atoms with E-state index in [-0.39, 0.29) is 12.4 Å². The molecule has 0 atom stereocenters. The fourth-order valence-corrected chi connectivity index (χ4v) is 2.42. The summed E-state index contributed by atoms with van der Waals surface area (Å²) in [6, 6.07) is 16.1. The van der Waals surface area contributed by atoms with Crippen LogP contribution in [0.2, 0.25) is 0 Å². The lowest BCUT2D eigenvalue weighted by molar-refractivity contribution is 0.0515. The monoisotopic (exact) mass is 309 g/mol. The molecule has 1 aromatic heterocycles. The number of aromatic carboxylic acids is 1. The Morgan fingerprint density at radius 3 is 2.65 bits per heavy atom. The molecule has 0 radical (unpaired) electrons. The largest absolute Gasteiger partial charge is 0.478 e. The van der Waals surface area contributed by atoms with Crippen LogP contribution in [0.25, 0.3) is 22.2 Å². The number of carbonyl (C=O) groups is 1. The summed E-state index contributed by atoms with van der Waals surface area (Å²) in [5.74, 6) is -0.395. The van der Waals surface area contributed by atoms with Crippen LogP contribution in [-0.4, -0.2) is 30.0 Å². The molecule has 2 aromatic carbocycles. The quantitative estimate of drug-likeness (QED) is 0.730. The number of hydrogen-bond donors (Lipinski definition) is 1. The molecule has 1 N–H and O–H groups in total. The Bertz CT molecular complexity index is 861. The van der Waals surface area contributed by atoms with Gasteiger partial charge in [-0.1, -0.05) is 30.3 Å². The van der Waals surface area contributed by atoms with Crippen LogP contribution in [0.15, 0.2) is 54.6 Å². The van der Waals surface area contributed by atoms with Crippen molar-refractivity contribution in [3.63, 3.8) is 0 Å². The highest BCUT2D eigenvalue weighted by Crippen LogP contribution is 2.31. The molecular formula is C18H15NO4. The molecule has 23 heavy (non-hydrogen) atoms. The number of carboxylic acid groups (broad SMARTS) is 1. The molecule has 0 saturated heterocycles. The van der Waals surface area contributed by atoms with Crippen LogP contribution in [0.5, 0.6) is 5.75 Å². The summed E-state index contributed by atoms with van der Waals surface area (Å²) in [5, 5.41) is 10.1. The third-order valence-electron chi connectivity index (χ3n) is 3.44. The van der Waals surface area contributed by atoms with Gasteiger partial charge in [0.05, 0.1) is 16.8 Å². The highest BCUT2D eigenvalue weighted by molar-refractivity contribution is 6.03. The van der Waals surface area contributed by atoms with E-state index in [1.165, 1.54) is 0 Å². The van der Waals surface area contributed by atoms with Gasteiger partial charge in [0.15, 0.2) is 6.79 Å². The van der Waals surface area contributed by atoms with E-state index in [2.05, 4.69) is 4.98 Å². The summed E-state index contributed by atoms with van der Waals surface area (Å²) in [6.07, 6.45) is 0. The van der Waals surface area contributed by atoms with E-state index in [1.807, 2.05) is 24.3 Å². The number of aromatic nitrogens is 1. The summed E-state index contributed by atoms with van der Waals surface area (Å²) >= 11 is 0. The number of rotatable bonds is 5. The van der Waals surface area contributed by atoms with E-state index in [0.29, 0.717) is 22.3 Å². The van der Waals surface area contributed by atoms with Gasteiger partial charge in [-0.15, -0.1) is 0 Å². The molecule has 0 bridgehead atoms. The van der Waals surface area contributed by atoms with Crippen LogP contribution in [0, 0.1) is 0 Å². The average Bonchev–Trinajstić information content (AvgIpc) is 2.59. The minimum absolute atomic E-state index is 0.108. The fraction of sp³-hybridized carbons (Fsp3) is 0.111. The third-order valence-corrected chi connectivity index (χ3v) is 3.44. The lowest BCUT2D eigenvalue weighted by Gasteiger charge is -2.12. The van der Waals surface area contributed by atoms with Gasteiger partial charge in [0.2, 0.25) is 0 Å². The van der Waals surface area contributed by atoms with Gasteiger partial charge >= 0.3 is 5.97 Å². The SMILES string of the molecule is COCOc1ccccc1-c1cc(C(=O)O)c2ccccc2n1. The van der Waals surface area contributed by atoms with Gasteiger partial charge in [0.1, 0.15) is 5.75 Å². The molecule has 3 rings (SSSR count). The molecule has 5 nitrogen and oxygen atoms in total. The lowest BCUT2D eigenvalue weighted by Crippen LogP contribution is -2.03. The Hall–Kier alpha value is -2.92. The van der Waals surface area contributed by atoms with Crippen molar-refractivity contribution >= 4 is 16.9 Å². The van der Waals surface area contributed by atoms with Gasteiger partial charge in [-0.2, -0.15) is 0 Å². The normalized spacial score (nSPS) is 10.7. The first kappa shape index (κ1) is 15.0. The lowest BCUT2D eigenvalue weighted by atomic mass is 10.0. The van der Waals surface area contributed by atoms with E-state index in [0.717, 1.165) is 5.56 Å². The summed E-state index contributed by atoms with van der Waals surface area (Å²) in [4.78, 5) is 16.1. The molecule has 5 heteroatoms. The van der Waals surface area contributed by atoms with Gasteiger partial charge in [0, 0.05) is 18.1 Å². The van der Waals surface area contributed by atoms with Crippen molar-refractivity contribution in [1.29, 1.82) is 0 Å². The Balaban J connectivity index is 2.19. The molecular weight excluding hydrogens is 294 g/mol. The topological polar surface area (TPSA) is 68.7 Å². The van der Waals surface area contributed by atoms with Gasteiger partial charge < -0.3 is 14.6 Å². The van der Waals surface area contributed by atoms with Crippen molar-refractivity contribution in [3.05, 3.63) is 60.2 Å². The zero-order valence-corrected chi connectivity index (χ0v) is 12.5. The zero-order valence-electron chi connectivity index (χ0n) is 12.5. The second kappa shape index (κ2) is 6.46. The van der Waals surface area contributed by atoms with Crippen molar-refractivity contribution < 1.29 is 19.4 Å². The minimum atomic E-state index is -0.986. The smallest absolute Gasteiger partial charge is 0.336 e. The van der Waals surface area contributed by atoms with Crippen LogP contribution in [-0.2, 0) is 4.74 Å². The molecule has 0 fully saturated rings. The van der Waals surface area contributed by atoms with Crippen LogP contribution < -0.4 is 4.74 Å². The minimum Gasteiger partial charge on any atom is -0.478 e. The van der Waals surface area contributed by atoms with E-state index >= 15 is 0 Å². The van der Waals surface area contributed by atoms with Gasteiger partial charge in [-0.3, -0.25) is 0 Å². The van der Waals surface area contributed by atoms with Crippen LogP contribution in [0.1, 0.15) is 10.4 Å². The maximum absolute atomic E-state index is 11.6. The summed E-state index contributed by atoms with van der Waals surface area (Å²) in [5.41, 5.74) is 2.11. The van der Waals surface area contributed by atoms with E-state index in [1.54, 1.807) is 37.4 Å². The van der Waals surface area contributed by atoms with Crippen molar-refractivity contribution in [2.75, 3.05) is 13.9 Å². The number of ether oxygens (including phenoxy) is 2. The molecule has 1 heterocycles. The number of fused-ring (bicyclic) bond motifs is 1. The molecule has 0 aliphatic carbocycles. The number of nitrogens with zero attached hydrogens (tertiary/aromatic N) is 1. The first-order valence-corrected chi connectivity index (χ1v) is 7.05. The Morgan fingerprint density at radius 2 is 1.87 bits per heavy atom. The van der Waals surface area contributed by atoms with Crippen LogP contribution in [0.4, 0.5) is 0 Å². The molecule has 0 unspecified atom stereocenters. The van der Waals surface area contributed by atoms with Crippen molar-refractivity contribution in [2.45, 2.75) is 0 Å².